The lowest BCUT2D eigenvalue weighted by Gasteiger charge is -2.17. The zero-order valence-electron chi connectivity index (χ0n) is 9.14. The highest BCUT2D eigenvalue weighted by atomic mass is 19.1. The standard InChI is InChI=1S/C11H14FNO3/c1-15-8-6-4-3-5-7(8)9(12)10(13)11(14)16-2/h3-6,9-10H,13H2,1-2H3. The third-order valence-electron chi connectivity index (χ3n) is 2.22. The van der Waals surface area contributed by atoms with Gasteiger partial charge in [0.2, 0.25) is 0 Å². The van der Waals surface area contributed by atoms with Gasteiger partial charge in [-0.05, 0) is 6.07 Å². The zero-order valence-corrected chi connectivity index (χ0v) is 9.14. The van der Waals surface area contributed by atoms with Gasteiger partial charge in [0.05, 0.1) is 14.2 Å². The van der Waals surface area contributed by atoms with Gasteiger partial charge in [-0.1, -0.05) is 18.2 Å². The first kappa shape index (κ1) is 12.4. The molecule has 0 saturated carbocycles. The Hall–Kier alpha value is -1.62. The summed E-state index contributed by atoms with van der Waals surface area (Å²) in [7, 11) is 2.59. The van der Waals surface area contributed by atoms with Gasteiger partial charge in [0.1, 0.15) is 11.8 Å². The van der Waals surface area contributed by atoms with Crippen LogP contribution in [0.2, 0.25) is 0 Å². The van der Waals surface area contributed by atoms with E-state index in [0.29, 0.717) is 5.75 Å². The van der Waals surface area contributed by atoms with Gasteiger partial charge < -0.3 is 15.2 Å². The zero-order chi connectivity index (χ0) is 12.1. The topological polar surface area (TPSA) is 61.5 Å². The Balaban J connectivity index is 2.95. The lowest BCUT2D eigenvalue weighted by atomic mass is 10.0. The summed E-state index contributed by atoms with van der Waals surface area (Å²) in [4.78, 5) is 11.1. The van der Waals surface area contributed by atoms with Crippen molar-refractivity contribution >= 4 is 5.97 Å². The first-order chi connectivity index (χ1) is 7.61. The van der Waals surface area contributed by atoms with E-state index in [-0.39, 0.29) is 5.56 Å². The van der Waals surface area contributed by atoms with E-state index in [9.17, 15) is 9.18 Å². The van der Waals surface area contributed by atoms with Crippen LogP contribution in [0.5, 0.6) is 5.75 Å². The summed E-state index contributed by atoms with van der Waals surface area (Å²) in [5.74, 6) is -0.437. The number of carbonyl (C=O) groups is 1. The molecular weight excluding hydrogens is 213 g/mol. The molecule has 1 aromatic rings. The normalized spacial score (nSPS) is 14.0. The summed E-state index contributed by atoms with van der Waals surface area (Å²) in [5.41, 5.74) is 5.66. The lowest BCUT2D eigenvalue weighted by molar-refractivity contribution is -0.143. The minimum absolute atomic E-state index is 0.239. The second-order valence-electron chi connectivity index (χ2n) is 3.19. The van der Waals surface area contributed by atoms with Crippen LogP contribution in [-0.4, -0.2) is 26.2 Å². The van der Waals surface area contributed by atoms with E-state index in [2.05, 4.69) is 4.74 Å². The predicted molar refractivity (Wildman–Crippen MR) is 56.8 cm³/mol. The maximum atomic E-state index is 13.9. The molecule has 88 valence electrons. The lowest BCUT2D eigenvalue weighted by Crippen LogP contribution is -2.36. The Labute approximate surface area is 93.2 Å². The van der Waals surface area contributed by atoms with Crippen LogP contribution in [0.3, 0.4) is 0 Å². The Morgan fingerprint density at radius 1 is 1.38 bits per heavy atom. The SMILES string of the molecule is COC(=O)C(N)C(F)c1ccccc1OC. The number of hydrogen-bond donors (Lipinski definition) is 1. The average Bonchev–Trinajstić information content (AvgIpc) is 2.35. The number of methoxy groups -OCH3 is 2. The second kappa shape index (κ2) is 5.46. The number of rotatable bonds is 4. The molecule has 0 fully saturated rings. The monoisotopic (exact) mass is 227 g/mol. The van der Waals surface area contributed by atoms with Crippen molar-refractivity contribution in [1.29, 1.82) is 0 Å². The first-order valence-electron chi connectivity index (χ1n) is 4.72. The van der Waals surface area contributed by atoms with Gasteiger partial charge in [-0.25, -0.2) is 4.39 Å². The highest BCUT2D eigenvalue weighted by Crippen LogP contribution is 2.29. The van der Waals surface area contributed by atoms with Gasteiger partial charge in [-0.15, -0.1) is 0 Å². The highest BCUT2D eigenvalue weighted by Gasteiger charge is 2.28. The third-order valence-corrected chi connectivity index (χ3v) is 2.22. The van der Waals surface area contributed by atoms with E-state index in [0.717, 1.165) is 7.11 Å². The highest BCUT2D eigenvalue weighted by molar-refractivity contribution is 5.76. The fourth-order valence-electron chi connectivity index (χ4n) is 1.34. The molecule has 16 heavy (non-hydrogen) atoms. The van der Waals surface area contributed by atoms with Gasteiger partial charge in [0, 0.05) is 5.56 Å². The minimum Gasteiger partial charge on any atom is -0.496 e. The quantitative estimate of drug-likeness (QED) is 0.785. The number of benzene rings is 1. The molecule has 0 spiro atoms. The Bertz CT molecular complexity index is 370. The molecule has 2 atom stereocenters. The van der Waals surface area contributed by atoms with Crippen molar-refractivity contribution < 1.29 is 18.7 Å². The average molecular weight is 227 g/mol. The molecule has 0 radical (unpaired) electrons. The Kier molecular flexibility index (Phi) is 4.25. The van der Waals surface area contributed by atoms with E-state index in [1.807, 2.05) is 0 Å². The van der Waals surface area contributed by atoms with Gasteiger partial charge >= 0.3 is 5.97 Å². The molecule has 0 saturated heterocycles. The van der Waals surface area contributed by atoms with Crippen LogP contribution in [0, 0.1) is 0 Å². The third kappa shape index (κ3) is 2.49. The fourth-order valence-corrected chi connectivity index (χ4v) is 1.34. The van der Waals surface area contributed by atoms with Crippen LogP contribution in [-0.2, 0) is 9.53 Å². The van der Waals surface area contributed by atoms with E-state index < -0.39 is 18.2 Å². The molecule has 1 rings (SSSR count). The second-order valence-corrected chi connectivity index (χ2v) is 3.19. The Morgan fingerprint density at radius 2 is 2.00 bits per heavy atom. The molecule has 5 heteroatoms. The number of halogens is 1. The molecule has 0 aliphatic heterocycles. The maximum Gasteiger partial charge on any atom is 0.326 e. The van der Waals surface area contributed by atoms with Crippen molar-refractivity contribution in [1.82, 2.24) is 0 Å². The fraction of sp³-hybridized carbons (Fsp3) is 0.364. The van der Waals surface area contributed by atoms with Crippen LogP contribution >= 0.6 is 0 Å². The summed E-state index contributed by atoms with van der Waals surface area (Å²) in [6, 6.07) is 5.13. The summed E-state index contributed by atoms with van der Waals surface area (Å²) in [6.45, 7) is 0. The molecule has 0 aliphatic rings. The van der Waals surface area contributed by atoms with E-state index in [1.165, 1.54) is 13.2 Å². The molecule has 0 aliphatic carbocycles. The predicted octanol–water partition coefficient (Wildman–Crippen LogP) is 1.21. The number of nitrogens with two attached hydrogens (primary N) is 1. The molecule has 0 aromatic heterocycles. The summed E-state index contributed by atoms with van der Waals surface area (Å²) < 4.78 is 23.3. The maximum absolute atomic E-state index is 13.9. The van der Waals surface area contributed by atoms with E-state index in [1.54, 1.807) is 18.2 Å². The van der Waals surface area contributed by atoms with Crippen LogP contribution in [0.1, 0.15) is 11.7 Å². The minimum atomic E-state index is -1.65. The molecule has 4 nitrogen and oxygen atoms in total. The molecule has 0 bridgehead atoms. The van der Waals surface area contributed by atoms with Crippen molar-refractivity contribution in [2.24, 2.45) is 5.73 Å². The molecule has 2 unspecified atom stereocenters. The van der Waals surface area contributed by atoms with Crippen LogP contribution in [0.25, 0.3) is 0 Å². The number of esters is 1. The summed E-state index contributed by atoms with van der Waals surface area (Å²) >= 11 is 0. The number of hydrogen-bond acceptors (Lipinski definition) is 4. The summed E-state index contributed by atoms with van der Waals surface area (Å²) in [5, 5.41) is 0. The van der Waals surface area contributed by atoms with Gasteiger partial charge in [-0.3, -0.25) is 4.79 Å². The molecular formula is C11H14FNO3. The number of ether oxygens (including phenoxy) is 2. The Morgan fingerprint density at radius 3 is 2.56 bits per heavy atom. The van der Waals surface area contributed by atoms with Crippen molar-refractivity contribution in [3.05, 3.63) is 29.8 Å². The number of alkyl halides is 1. The van der Waals surface area contributed by atoms with Crippen molar-refractivity contribution in [3.8, 4) is 5.75 Å². The van der Waals surface area contributed by atoms with Gasteiger partial charge in [0.15, 0.2) is 6.17 Å². The van der Waals surface area contributed by atoms with Crippen molar-refractivity contribution in [3.63, 3.8) is 0 Å². The molecule has 1 aromatic carbocycles. The van der Waals surface area contributed by atoms with Crippen LogP contribution in [0.4, 0.5) is 4.39 Å². The molecule has 2 N–H and O–H groups in total. The van der Waals surface area contributed by atoms with E-state index >= 15 is 0 Å². The molecule has 0 amide bonds. The number of para-hydroxylation sites is 1. The van der Waals surface area contributed by atoms with E-state index in [4.69, 9.17) is 10.5 Å². The first-order valence-corrected chi connectivity index (χ1v) is 4.72. The van der Waals surface area contributed by atoms with Crippen LogP contribution in [0.15, 0.2) is 24.3 Å². The largest absolute Gasteiger partial charge is 0.496 e. The van der Waals surface area contributed by atoms with Gasteiger partial charge in [-0.2, -0.15) is 0 Å². The molecule has 0 heterocycles. The number of carbonyl (C=O) groups excluding carboxylic acids is 1. The van der Waals surface area contributed by atoms with Crippen molar-refractivity contribution in [2.45, 2.75) is 12.2 Å². The van der Waals surface area contributed by atoms with Crippen LogP contribution < -0.4 is 10.5 Å². The summed E-state index contributed by atoms with van der Waals surface area (Å²) in [6.07, 6.45) is -1.65. The van der Waals surface area contributed by atoms with Crippen molar-refractivity contribution in [2.75, 3.05) is 14.2 Å². The smallest absolute Gasteiger partial charge is 0.326 e. The van der Waals surface area contributed by atoms with Gasteiger partial charge in [0.25, 0.3) is 0 Å².